The molecule has 19 heavy (non-hydrogen) atoms. The molecule has 0 saturated carbocycles. The van der Waals surface area contributed by atoms with Crippen molar-refractivity contribution in [2.75, 3.05) is 50.5 Å². The largest absolute Gasteiger partial charge is 0.369 e. The Bertz CT molecular complexity index is 385. The zero-order valence-electron chi connectivity index (χ0n) is 12.3. The van der Waals surface area contributed by atoms with Crippen molar-refractivity contribution in [3.63, 3.8) is 0 Å². The van der Waals surface area contributed by atoms with E-state index in [-0.39, 0.29) is 0 Å². The first kappa shape index (κ1) is 14.1. The highest BCUT2D eigenvalue weighted by Crippen LogP contribution is 2.15. The fourth-order valence-electron chi connectivity index (χ4n) is 2.29. The Labute approximate surface area is 116 Å². The third-order valence-electron chi connectivity index (χ3n) is 3.65. The van der Waals surface area contributed by atoms with Gasteiger partial charge in [0.1, 0.15) is 5.82 Å². The monoisotopic (exact) mass is 263 g/mol. The molecular formula is C14H25N5. The van der Waals surface area contributed by atoms with Crippen LogP contribution in [0.25, 0.3) is 0 Å². The van der Waals surface area contributed by atoms with Gasteiger partial charge in [0.15, 0.2) is 0 Å². The smallest absolute Gasteiger partial charge is 0.226 e. The van der Waals surface area contributed by atoms with Crippen LogP contribution in [0.15, 0.2) is 12.3 Å². The predicted molar refractivity (Wildman–Crippen MR) is 79.7 cm³/mol. The first-order chi connectivity index (χ1) is 9.15. The Morgan fingerprint density at radius 2 is 2.11 bits per heavy atom. The highest BCUT2D eigenvalue weighted by molar-refractivity contribution is 5.40. The summed E-state index contributed by atoms with van der Waals surface area (Å²) in [4.78, 5) is 13.1. The molecule has 0 aromatic carbocycles. The van der Waals surface area contributed by atoms with Crippen molar-refractivity contribution in [3.8, 4) is 0 Å². The van der Waals surface area contributed by atoms with Crippen LogP contribution < -0.4 is 10.2 Å². The van der Waals surface area contributed by atoms with Gasteiger partial charge < -0.3 is 15.1 Å². The number of anilines is 2. The van der Waals surface area contributed by atoms with Crippen LogP contribution in [-0.4, -0.2) is 55.1 Å². The summed E-state index contributed by atoms with van der Waals surface area (Å²) in [7, 11) is 3.90. The minimum atomic E-state index is 0.747. The van der Waals surface area contributed by atoms with Gasteiger partial charge in [-0.3, -0.25) is 0 Å². The Morgan fingerprint density at radius 1 is 1.37 bits per heavy atom. The van der Waals surface area contributed by atoms with Gasteiger partial charge in [0.25, 0.3) is 0 Å². The second-order valence-electron chi connectivity index (χ2n) is 5.59. The summed E-state index contributed by atoms with van der Waals surface area (Å²) in [6.45, 7) is 6.84. The zero-order chi connectivity index (χ0) is 13.7. The van der Waals surface area contributed by atoms with Crippen LogP contribution in [0.3, 0.4) is 0 Å². The zero-order valence-corrected chi connectivity index (χ0v) is 12.3. The van der Waals surface area contributed by atoms with Gasteiger partial charge in [0.05, 0.1) is 0 Å². The van der Waals surface area contributed by atoms with Gasteiger partial charge in [-0.25, -0.2) is 4.98 Å². The van der Waals surface area contributed by atoms with Crippen LogP contribution >= 0.6 is 0 Å². The molecule has 2 heterocycles. The SMILES string of the molecule is CC1CCN(CCNc2ccnc(N(C)C)n2)CC1. The van der Waals surface area contributed by atoms with E-state index in [0.717, 1.165) is 30.8 Å². The molecule has 1 aromatic heterocycles. The van der Waals surface area contributed by atoms with E-state index in [0.29, 0.717) is 0 Å². The molecule has 1 aliphatic heterocycles. The van der Waals surface area contributed by atoms with Gasteiger partial charge in [-0.05, 0) is 37.9 Å². The molecule has 106 valence electrons. The van der Waals surface area contributed by atoms with Gasteiger partial charge in [-0.2, -0.15) is 4.98 Å². The van der Waals surface area contributed by atoms with E-state index < -0.39 is 0 Å². The molecule has 0 spiro atoms. The molecular weight excluding hydrogens is 238 g/mol. The lowest BCUT2D eigenvalue weighted by Gasteiger charge is -2.30. The van der Waals surface area contributed by atoms with Crippen molar-refractivity contribution >= 4 is 11.8 Å². The first-order valence-electron chi connectivity index (χ1n) is 7.12. The standard InChI is InChI=1S/C14H25N5/c1-12-5-9-19(10-6-12)11-8-15-13-4-7-16-14(17-13)18(2)3/h4,7,12H,5-6,8-11H2,1-3H3,(H,15,16,17). The molecule has 5 nitrogen and oxygen atoms in total. The molecule has 2 rings (SSSR count). The number of nitrogens with one attached hydrogen (secondary N) is 1. The molecule has 1 saturated heterocycles. The number of nitrogens with zero attached hydrogens (tertiary/aromatic N) is 4. The minimum Gasteiger partial charge on any atom is -0.369 e. The van der Waals surface area contributed by atoms with E-state index in [4.69, 9.17) is 0 Å². The molecule has 0 amide bonds. The van der Waals surface area contributed by atoms with Gasteiger partial charge in [-0.1, -0.05) is 6.92 Å². The maximum atomic E-state index is 4.45. The van der Waals surface area contributed by atoms with Crippen molar-refractivity contribution < 1.29 is 0 Å². The van der Waals surface area contributed by atoms with E-state index in [1.807, 2.05) is 25.1 Å². The molecule has 1 aliphatic rings. The van der Waals surface area contributed by atoms with Crippen molar-refractivity contribution in [3.05, 3.63) is 12.3 Å². The summed E-state index contributed by atoms with van der Waals surface area (Å²) >= 11 is 0. The summed E-state index contributed by atoms with van der Waals surface area (Å²) in [6.07, 6.45) is 4.46. The van der Waals surface area contributed by atoms with E-state index in [2.05, 4.69) is 27.1 Å². The Kier molecular flexibility index (Phi) is 4.96. The number of piperidine rings is 1. The average Bonchev–Trinajstić information content (AvgIpc) is 2.41. The van der Waals surface area contributed by atoms with E-state index in [1.54, 1.807) is 6.20 Å². The Hall–Kier alpha value is -1.36. The number of hydrogen-bond donors (Lipinski definition) is 1. The molecule has 0 atom stereocenters. The second kappa shape index (κ2) is 6.70. The Balaban J connectivity index is 1.75. The molecule has 0 aliphatic carbocycles. The summed E-state index contributed by atoms with van der Waals surface area (Å²) in [5, 5.41) is 3.38. The number of likely N-dealkylation sites (tertiary alicyclic amines) is 1. The van der Waals surface area contributed by atoms with Crippen molar-refractivity contribution in [1.29, 1.82) is 0 Å². The third-order valence-corrected chi connectivity index (χ3v) is 3.65. The minimum absolute atomic E-state index is 0.747. The molecule has 1 fully saturated rings. The third kappa shape index (κ3) is 4.35. The van der Waals surface area contributed by atoms with Crippen LogP contribution in [0.5, 0.6) is 0 Å². The fourth-order valence-corrected chi connectivity index (χ4v) is 2.29. The quantitative estimate of drug-likeness (QED) is 0.876. The lowest BCUT2D eigenvalue weighted by Crippen LogP contribution is -2.36. The van der Waals surface area contributed by atoms with Crippen LogP contribution in [0.1, 0.15) is 19.8 Å². The number of aromatic nitrogens is 2. The van der Waals surface area contributed by atoms with Crippen LogP contribution in [0, 0.1) is 5.92 Å². The Morgan fingerprint density at radius 3 is 2.79 bits per heavy atom. The van der Waals surface area contributed by atoms with Gasteiger partial charge in [0, 0.05) is 33.4 Å². The van der Waals surface area contributed by atoms with E-state index >= 15 is 0 Å². The van der Waals surface area contributed by atoms with Crippen LogP contribution in [-0.2, 0) is 0 Å². The van der Waals surface area contributed by atoms with Crippen molar-refractivity contribution in [2.24, 2.45) is 5.92 Å². The lowest BCUT2D eigenvalue weighted by atomic mass is 9.99. The predicted octanol–water partition coefficient (Wildman–Crippen LogP) is 1.69. The molecule has 5 heteroatoms. The first-order valence-corrected chi connectivity index (χ1v) is 7.12. The number of rotatable bonds is 5. The summed E-state index contributed by atoms with van der Waals surface area (Å²) in [5.74, 6) is 2.55. The average molecular weight is 263 g/mol. The molecule has 1 N–H and O–H groups in total. The molecule has 0 bridgehead atoms. The van der Waals surface area contributed by atoms with Crippen molar-refractivity contribution in [1.82, 2.24) is 14.9 Å². The lowest BCUT2D eigenvalue weighted by molar-refractivity contribution is 0.199. The molecule has 1 aromatic rings. The van der Waals surface area contributed by atoms with E-state index in [1.165, 1.54) is 25.9 Å². The number of hydrogen-bond acceptors (Lipinski definition) is 5. The van der Waals surface area contributed by atoms with Crippen molar-refractivity contribution in [2.45, 2.75) is 19.8 Å². The molecule has 0 radical (unpaired) electrons. The highest BCUT2D eigenvalue weighted by Gasteiger charge is 2.14. The van der Waals surface area contributed by atoms with Crippen LogP contribution in [0.4, 0.5) is 11.8 Å². The van der Waals surface area contributed by atoms with Gasteiger partial charge in [0.2, 0.25) is 5.95 Å². The van der Waals surface area contributed by atoms with E-state index in [9.17, 15) is 0 Å². The van der Waals surface area contributed by atoms with Crippen LogP contribution in [0.2, 0.25) is 0 Å². The van der Waals surface area contributed by atoms with Gasteiger partial charge in [-0.15, -0.1) is 0 Å². The maximum absolute atomic E-state index is 4.45. The van der Waals surface area contributed by atoms with Gasteiger partial charge >= 0.3 is 0 Å². The summed E-state index contributed by atoms with van der Waals surface area (Å²) in [6, 6.07) is 1.92. The highest BCUT2D eigenvalue weighted by atomic mass is 15.2. The normalized spacial score (nSPS) is 17.4. The second-order valence-corrected chi connectivity index (χ2v) is 5.59. The maximum Gasteiger partial charge on any atom is 0.226 e. The molecule has 0 unspecified atom stereocenters. The summed E-state index contributed by atoms with van der Waals surface area (Å²) < 4.78 is 0. The summed E-state index contributed by atoms with van der Waals surface area (Å²) in [5.41, 5.74) is 0. The fraction of sp³-hybridized carbons (Fsp3) is 0.714. The topological polar surface area (TPSA) is 44.3 Å².